The highest BCUT2D eigenvalue weighted by atomic mass is 35.5. The molecule has 4 rings (SSSR count). The number of halogens is 1. The van der Waals surface area contributed by atoms with Crippen LogP contribution in [-0.4, -0.2) is 20.8 Å². The number of fused-ring (bicyclic) bond motifs is 1. The summed E-state index contributed by atoms with van der Waals surface area (Å²) in [7, 11) is 0. The van der Waals surface area contributed by atoms with Gasteiger partial charge in [0.15, 0.2) is 0 Å². The Morgan fingerprint density at radius 1 is 1.16 bits per heavy atom. The zero-order valence-electron chi connectivity index (χ0n) is 16.4. The van der Waals surface area contributed by atoms with Crippen LogP contribution in [0, 0.1) is 10.1 Å². The van der Waals surface area contributed by atoms with Crippen LogP contribution < -0.4 is 5.32 Å². The highest BCUT2D eigenvalue weighted by Gasteiger charge is 2.23. The van der Waals surface area contributed by atoms with Crippen molar-refractivity contribution in [1.82, 2.24) is 15.3 Å². The molecule has 7 nitrogen and oxygen atoms in total. The van der Waals surface area contributed by atoms with Gasteiger partial charge in [-0.1, -0.05) is 23.7 Å². The average Bonchev–Trinajstić information content (AvgIpc) is 3.19. The van der Waals surface area contributed by atoms with E-state index in [0.29, 0.717) is 17.1 Å². The van der Waals surface area contributed by atoms with Crippen LogP contribution in [0.4, 0.5) is 5.69 Å². The Kier molecular flexibility index (Phi) is 5.95. The summed E-state index contributed by atoms with van der Waals surface area (Å²) in [5, 5.41) is 15.7. The van der Waals surface area contributed by atoms with Crippen LogP contribution in [-0.2, 0) is 11.3 Å². The molecule has 0 fully saturated rings. The van der Waals surface area contributed by atoms with Crippen molar-refractivity contribution in [3.8, 4) is 0 Å². The average molecular weight is 435 g/mol. The maximum absolute atomic E-state index is 12.8. The lowest BCUT2D eigenvalue weighted by molar-refractivity contribution is -0.384. The van der Waals surface area contributed by atoms with Gasteiger partial charge in [-0.3, -0.25) is 19.9 Å². The molecular formula is C23H19ClN4O3. The fraction of sp³-hybridized carbons (Fsp3) is 0.130. The molecule has 2 heterocycles. The molecule has 4 aromatic rings. The number of benzene rings is 2. The molecule has 1 amide bonds. The summed E-state index contributed by atoms with van der Waals surface area (Å²) in [5.74, 6) is -0.547. The van der Waals surface area contributed by atoms with E-state index in [1.165, 1.54) is 12.1 Å². The first-order chi connectivity index (χ1) is 15.0. The predicted molar refractivity (Wildman–Crippen MR) is 119 cm³/mol. The van der Waals surface area contributed by atoms with Gasteiger partial charge in [-0.15, -0.1) is 0 Å². The van der Waals surface area contributed by atoms with Gasteiger partial charge in [-0.05, 0) is 47.0 Å². The molecular weight excluding hydrogens is 416 g/mol. The fourth-order valence-corrected chi connectivity index (χ4v) is 3.80. The molecule has 2 aromatic heterocycles. The van der Waals surface area contributed by atoms with E-state index in [1.54, 1.807) is 30.6 Å². The maximum Gasteiger partial charge on any atom is 0.269 e. The molecule has 0 unspecified atom stereocenters. The largest absolute Gasteiger partial charge is 0.361 e. The molecule has 0 aliphatic carbocycles. The minimum atomic E-state index is -0.434. The second-order valence-corrected chi connectivity index (χ2v) is 7.61. The number of H-pyrrole nitrogens is 1. The normalized spacial score (nSPS) is 11.9. The fourth-order valence-electron chi connectivity index (χ4n) is 3.62. The number of nitro groups is 1. The number of hydrogen-bond acceptors (Lipinski definition) is 4. The molecule has 2 N–H and O–H groups in total. The number of nitrogens with zero attached hydrogens (tertiary/aromatic N) is 2. The maximum atomic E-state index is 12.8. The van der Waals surface area contributed by atoms with Crippen LogP contribution in [0.15, 0.2) is 73.2 Å². The first kappa shape index (κ1) is 20.6. The molecule has 2 aromatic carbocycles. The van der Waals surface area contributed by atoms with Crippen molar-refractivity contribution in [3.05, 3.63) is 105 Å². The van der Waals surface area contributed by atoms with Crippen molar-refractivity contribution < 1.29 is 9.72 Å². The number of pyridine rings is 1. The molecule has 8 heteroatoms. The molecule has 0 saturated heterocycles. The zero-order valence-corrected chi connectivity index (χ0v) is 17.2. The third-order valence-electron chi connectivity index (χ3n) is 5.16. The van der Waals surface area contributed by atoms with Crippen LogP contribution in [0.3, 0.4) is 0 Å². The molecule has 0 spiro atoms. The Balaban J connectivity index is 1.67. The van der Waals surface area contributed by atoms with E-state index in [4.69, 9.17) is 11.6 Å². The van der Waals surface area contributed by atoms with E-state index >= 15 is 0 Å². The summed E-state index contributed by atoms with van der Waals surface area (Å²) in [6.07, 6.45) is 5.30. The monoisotopic (exact) mass is 434 g/mol. The van der Waals surface area contributed by atoms with Crippen molar-refractivity contribution in [2.45, 2.75) is 18.9 Å². The van der Waals surface area contributed by atoms with Gasteiger partial charge in [0.05, 0.1) is 4.92 Å². The van der Waals surface area contributed by atoms with Crippen LogP contribution in [0.25, 0.3) is 10.9 Å². The SMILES string of the molecule is O=C(C[C@H](c1cccc([N+](=O)[O-])c1)c1c[nH]c2ccc(Cl)cc12)NCc1ccncc1. The highest BCUT2D eigenvalue weighted by Crippen LogP contribution is 2.35. The summed E-state index contributed by atoms with van der Waals surface area (Å²) < 4.78 is 0. The summed E-state index contributed by atoms with van der Waals surface area (Å²) in [6, 6.07) is 15.6. The highest BCUT2D eigenvalue weighted by molar-refractivity contribution is 6.31. The molecule has 156 valence electrons. The van der Waals surface area contributed by atoms with Crippen molar-refractivity contribution in [2.75, 3.05) is 0 Å². The molecule has 0 aliphatic heterocycles. The minimum Gasteiger partial charge on any atom is -0.361 e. The van der Waals surface area contributed by atoms with Gasteiger partial charge in [0.25, 0.3) is 5.69 Å². The second-order valence-electron chi connectivity index (χ2n) is 7.17. The lowest BCUT2D eigenvalue weighted by atomic mass is 9.87. The van der Waals surface area contributed by atoms with E-state index in [-0.39, 0.29) is 23.9 Å². The van der Waals surface area contributed by atoms with E-state index in [0.717, 1.165) is 22.0 Å². The van der Waals surface area contributed by atoms with Crippen molar-refractivity contribution in [3.63, 3.8) is 0 Å². The quantitative estimate of drug-likeness (QED) is 0.317. The Bertz CT molecular complexity index is 1240. The van der Waals surface area contributed by atoms with Gasteiger partial charge in [0.1, 0.15) is 0 Å². The summed E-state index contributed by atoms with van der Waals surface area (Å²) >= 11 is 6.20. The van der Waals surface area contributed by atoms with Gasteiger partial charge in [0, 0.05) is 65.5 Å². The van der Waals surface area contributed by atoms with E-state index in [2.05, 4.69) is 15.3 Å². The zero-order chi connectivity index (χ0) is 21.8. The number of rotatable bonds is 7. The van der Waals surface area contributed by atoms with Crippen molar-refractivity contribution >= 4 is 34.1 Å². The number of carbonyl (C=O) groups excluding carboxylic acids is 1. The minimum absolute atomic E-state index is 0.0161. The number of hydrogen-bond donors (Lipinski definition) is 2. The Labute approximate surface area is 183 Å². The summed E-state index contributed by atoms with van der Waals surface area (Å²) in [4.78, 5) is 30.9. The smallest absolute Gasteiger partial charge is 0.269 e. The number of amides is 1. The van der Waals surface area contributed by atoms with Gasteiger partial charge in [-0.2, -0.15) is 0 Å². The van der Waals surface area contributed by atoms with Crippen LogP contribution in [0.2, 0.25) is 5.02 Å². The number of aromatic nitrogens is 2. The van der Waals surface area contributed by atoms with E-state index < -0.39 is 4.92 Å². The lowest BCUT2D eigenvalue weighted by Crippen LogP contribution is -2.25. The van der Waals surface area contributed by atoms with E-state index in [1.807, 2.05) is 30.5 Å². The number of nitrogens with one attached hydrogen (secondary N) is 2. The first-order valence-corrected chi connectivity index (χ1v) is 10.1. The Hall–Kier alpha value is -3.71. The summed E-state index contributed by atoms with van der Waals surface area (Å²) in [5.41, 5.74) is 3.35. The molecule has 0 bridgehead atoms. The predicted octanol–water partition coefficient (Wildman–Crippen LogP) is 4.96. The number of non-ortho nitro benzene ring substituents is 1. The van der Waals surface area contributed by atoms with Crippen LogP contribution >= 0.6 is 11.6 Å². The van der Waals surface area contributed by atoms with Gasteiger partial charge in [-0.25, -0.2) is 0 Å². The van der Waals surface area contributed by atoms with Crippen LogP contribution in [0.5, 0.6) is 0 Å². The Morgan fingerprint density at radius 3 is 2.74 bits per heavy atom. The topological polar surface area (TPSA) is 101 Å². The molecule has 0 aliphatic rings. The second kappa shape index (κ2) is 8.97. The van der Waals surface area contributed by atoms with Gasteiger partial charge < -0.3 is 10.3 Å². The lowest BCUT2D eigenvalue weighted by Gasteiger charge is -2.17. The molecule has 0 saturated carbocycles. The van der Waals surface area contributed by atoms with Gasteiger partial charge in [0.2, 0.25) is 5.91 Å². The standard InChI is InChI=1S/C23H19ClN4O3/c24-17-4-5-22-20(11-17)21(14-26-22)19(16-2-1-3-18(10-16)28(30)31)12-23(29)27-13-15-6-8-25-9-7-15/h1-11,14,19,26H,12-13H2,(H,27,29)/t19-/m1/s1. The number of aromatic amines is 1. The number of carbonyl (C=O) groups is 1. The van der Waals surface area contributed by atoms with Crippen molar-refractivity contribution in [2.24, 2.45) is 0 Å². The molecule has 0 radical (unpaired) electrons. The van der Waals surface area contributed by atoms with Crippen molar-refractivity contribution in [1.29, 1.82) is 0 Å². The molecule has 31 heavy (non-hydrogen) atoms. The first-order valence-electron chi connectivity index (χ1n) is 9.68. The number of nitro benzene ring substituents is 1. The third kappa shape index (κ3) is 4.73. The third-order valence-corrected chi connectivity index (χ3v) is 5.40. The molecule has 1 atom stereocenters. The summed E-state index contributed by atoms with van der Waals surface area (Å²) in [6.45, 7) is 0.378. The van der Waals surface area contributed by atoms with E-state index in [9.17, 15) is 14.9 Å². The van der Waals surface area contributed by atoms with Gasteiger partial charge >= 0.3 is 0 Å². The van der Waals surface area contributed by atoms with Crippen LogP contribution in [0.1, 0.15) is 29.0 Å². The Morgan fingerprint density at radius 2 is 1.97 bits per heavy atom.